The first-order valence-electron chi connectivity index (χ1n) is 8.84. The van der Waals surface area contributed by atoms with Crippen LogP contribution in [0.1, 0.15) is 18.1 Å². The Hall–Kier alpha value is -3.21. The highest BCUT2D eigenvalue weighted by atomic mass is 19.1. The van der Waals surface area contributed by atoms with Crippen molar-refractivity contribution in [3.63, 3.8) is 0 Å². The van der Waals surface area contributed by atoms with Gasteiger partial charge in [-0.2, -0.15) is 0 Å². The molecule has 3 aromatic rings. The Morgan fingerprint density at radius 2 is 1.78 bits per heavy atom. The summed E-state index contributed by atoms with van der Waals surface area (Å²) in [5.74, 6) is 0.418. The van der Waals surface area contributed by atoms with Crippen molar-refractivity contribution < 1.29 is 13.9 Å². The zero-order valence-corrected chi connectivity index (χ0v) is 15.1. The van der Waals surface area contributed by atoms with Gasteiger partial charge in [0.15, 0.2) is 6.61 Å². The summed E-state index contributed by atoms with van der Waals surface area (Å²) in [5.41, 5.74) is 1.62. The first-order valence-corrected chi connectivity index (χ1v) is 8.84. The van der Waals surface area contributed by atoms with Crippen molar-refractivity contribution in [3.8, 4) is 5.75 Å². The van der Waals surface area contributed by atoms with E-state index < -0.39 is 0 Å². The first kappa shape index (κ1) is 18.6. The predicted octanol–water partition coefficient (Wildman–Crippen LogP) is 4.40. The van der Waals surface area contributed by atoms with Gasteiger partial charge in [0.25, 0.3) is 5.91 Å². The maximum atomic E-state index is 14.1. The molecule has 138 valence electrons. The Morgan fingerprint density at radius 1 is 1.04 bits per heavy atom. The molecule has 0 spiro atoms. The van der Waals surface area contributed by atoms with Gasteiger partial charge < -0.3 is 4.74 Å². The second kappa shape index (κ2) is 8.94. The number of rotatable bonds is 7. The number of halogens is 1. The van der Waals surface area contributed by atoms with Gasteiger partial charge in [-0.3, -0.25) is 9.69 Å². The molecule has 0 aliphatic heterocycles. The molecule has 3 rings (SSSR count). The molecule has 0 bridgehead atoms. The number of amides is 1. The summed E-state index contributed by atoms with van der Waals surface area (Å²) >= 11 is 0. The van der Waals surface area contributed by atoms with E-state index >= 15 is 0 Å². The van der Waals surface area contributed by atoms with Gasteiger partial charge in [0.1, 0.15) is 17.4 Å². The van der Waals surface area contributed by atoms with Gasteiger partial charge in [0.05, 0.1) is 6.54 Å². The van der Waals surface area contributed by atoms with E-state index in [0.717, 1.165) is 6.42 Å². The lowest BCUT2D eigenvalue weighted by Gasteiger charge is -2.22. The fraction of sp³-hybridized carbons (Fsp3) is 0.182. The maximum absolute atomic E-state index is 14.1. The molecule has 0 N–H and O–H groups in total. The minimum Gasteiger partial charge on any atom is -0.484 e. The number of aromatic nitrogens is 1. The summed E-state index contributed by atoms with van der Waals surface area (Å²) in [7, 11) is 0. The average molecular weight is 364 g/mol. The molecule has 0 atom stereocenters. The smallest absolute Gasteiger partial charge is 0.266 e. The van der Waals surface area contributed by atoms with Crippen molar-refractivity contribution in [2.24, 2.45) is 0 Å². The van der Waals surface area contributed by atoms with Gasteiger partial charge in [-0.15, -0.1) is 0 Å². The number of aryl methyl sites for hydroxylation is 1. The quantitative estimate of drug-likeness (QED) is 0.624. The molecule has 0 radical (unpaired) electrons. The maximum Gasteiger partial charge on any atom is 0.266 e. The highest BCUT2D eigenvalue weighted by molar-refractivity contribution is 5.93. The zero-order chi connectivity index (χ0) is 19.1. The first-order chi connectivity index (χ1) is 13.2. The lowest BCUT2D eigenvalue weighted by atomic mass is 10.2. The van der Waals surface area contributed by atoms with E-state index in [2.05, 4.69) is 11.9 Å². The third-order valence-electron chi connectivity index (χ3n) is 4.21. The Bertz CT molecular complexity index is 882. The van der Waals surface area contributed by atoms with Crippen LogP contribution in [-0.4, -0.2) is 17.5 Å². The topological polar surface area (TPSA) is 42.4 Å². The van der Waals surface area contributed by atoms with Crippen LogP contribution in [0, 0.1) is 5.82 Å². The lowest BCUT2D eigenvalue weighted by molar-refractivity contribution is -0.120. The largest absolute Gasteiger partial charge is 0.484 e. The van der Waals surface area contributed by atoms with E-state index in [-0.39, 0.29) is 24.9 Å². The third kappa shape index (κ3) is 4.91. The lowest BCUT2D eigenvalue weighted by Crippen LogP contribution is -2.35. The van der Waals surface area contributed by atoms with Gasteiger partial charge in [-0.1, -0.05) is 43.3 Å². The zero-order valence-electron chi connectivity index (χ0n) is 15.1. The number of pyridine rings is 1. The number of anilines is 1. The van der Waals surface area contributed by atoms with Gasteiger partial charge in [-0.25, -0.2) is 9.37 Å². The van der Waals surface area contributed by atoms with Crippen LogP contribution in [0.2, 0.25) is 0 Å². The molecule has 2 aromatic carbocycles. The normalized spacial score (nSPS) is 10.4. The number of hydrogen-bond donors (Lipinski definition) is 0. The SMILES string of the molecule is CCc1ccc(OCC(=O)N(Cc2ccccc2F)c2ccccn2)cc1. The van der Waals surface area contributed by atoms with Crippen molar-refractivity contribution >= 4 is 11.7 Å². The van der Waals surface area contributed by atoms with Crippen LogP contribution in [0.15, 0.2) is 72.9 Å². The number of carbonyl (C=O) groups is 1. The third-order valence-corrected chi connectivity index (χ3v) is 4.21. The minimum absolute atomic E-state index is 0.0840. The van der Waals surface area contributed by atoms with Crippen LogP contribution < -0.4 is 9.64 Å². The fourth-order valence-corrected chi connectivity index (χ4v) is 2.65. The van der Waals surface area contributed by atoms with Crippen molar-refractivity contribution in [3.05, 3.63) is 89.9 Å². The predicted molar refractivity (Wildman–Crippen MR) is 103 cm³/mol. The molecule has 1 heterocycles. The molecule has 0 saturated carbocycles. The molecule has 5 heteroatoms. The fourth-order valence-electron chi connectivity index (χ4n) is 2.65. The summed E-state index contributed by atoms with van der Waals surface area (Å²) < 4.78 is 19.7. The van der Waals surface area contributed by atoms with E-state index in [1.165, 1.54) is 16.5 Å². The molecular formula is C22H21FN2O2. The summed E-state index contributed by atoms with van der Waals surface area (Å²) in [6.07, 6.45) is 2.54. The standard InChI is InChI=1S/C22H21FN2O2/c1-2-17-10-12-19(13-11-17)27-16-22(26)25(21-9-5-6-14-24-21)15-18-7-3-4-8-20(18)23/h3-14H,2,15-16H2,1H3. The van der Waals surface area contributed by atoms with Crippen molar-refractivity contribution in [1.29, 1.82) is 0 Å². The molecule has 1 aromatic heterocycles. The van der Waals surface area contributed by atoms with Crippen LogP contribution in [0.5, 0.6) is 5.75 Å². The summed E-state index contributed by atoms with van der Waals surface area (Å²) in [6, 6.07) is 19.3. The van der Waals surface area contributed by atoms with Crippen LogP contribution in [0.3, 0.4) is 0 Å². The molecule has 1 amide bonds. The monoisotopic (exact) mass is 364 g/mol. The van der Waals surface area contributed by atoms with E-state index in [4.69, 9.17) is 4.74 Å². The van der Waals surface area contributed by atoms with E-state index in [0.29, 0.717) is 17.1 Å². The number of hydrogen-bond acceptors (Lipinski definition) is 3. The second-order valence-electron chi connectivity index (χ2n) is 6.05. The Labute approximate surface area is 158 Å². The molecule has 0 unspecified atom stereocenters. The van der Waals surface area contributed by atoms with Crippen LogP contribution in [-0.2, 0) is 17.8 Å². The minimum atomic E-state index is -0.359. The van der Waals surface area contributed by atoms with E-state index in [9.17, 15) is 9.18 Å². The molecule has 0 fully saturated rings. The molecule has 0 aliphatic carbocycles. The van der Waals surface area contributed by atoms with Gasteiger partial charge in [-0.05, 0) is 42.3 Å². The number of carbonyl (C=O) groups excluding carboxylic acids is 1. The number of benzene rings is 2. The van der Waals surface area contributed by atoms with E-state index in [1.54, 1.807) is 42.6 Å². The van der Waals surface area contributed by atoms with Crippen LogP contribution >= 0.6 is 0 Å². The molecule has 4 nitrogen and oxygen atoms in total. The highest BCUT2D eigenvalue weighted by Gasteiger charge is 2.19. The Balaban J connectivity index is 1.75. The summed E-state index contributed by atoms with van der Waals surface area (Å²) in [4.78, 5) is 18.5. The average Bonchev–Trinajstić information content (AvgIpc) is 2.72. The summed E-state index contributed by atoms with van der Waals surface area (Å²) in [6.45, 7) is 2.00. The molecular weight excluding hydrogens is 343 g/mol. The molecule has 0 aliphatic rings. The molecule has 27 heavy (non-hydrogen) atoms. The van der Waals surface area contributed by atoms with Gasteiger partial charge >= 0.3 is 0 Å². The second-order valence-corrected chi connectivity index (χ2v) is 6.05. The van der Waals surface area contributed by atoms with Gasteiger partial charge in [0, 0.05) is 11.8 Å². The Morgan fingerprint density at radius 3 is 2.44 bits per heavy atom. The highest BCUT2D eigenvalue weighted by Crippen LogP contribution is 2.18. The van der Waals surface area contributed by atoms with Crippen molar-refractivity contribution in [1.82, 2.24) is 4.98 Å². The number of nitrogens with zero attached hydrogens (tertiary/aromatic N) is 2. The Kier molecular flexibility index (Phi) is 6.15. The summed E-state index contributed by atoms with van der Waals surface area (Å²) in [5, 5.41) is 0. The van der Waals surface area contributed by atoms with Gasteiger partial charge in [0.2, 0.25) is 0 Å². The van der Waals surface area contributed by atoms with Crippen molar-refractivity contribution in [2.75, 3.05) is 11.5 Å². The number of ether oxygens (including phenoxy) is 1. The molecule has 0 saturated heterocycles. The van der Waals surface area contributed by atoms with E-state index in [1.807, 2.05) is 24.3 Å². The van der Waals surface area contributed by atoms with Crippen LogP contribution in [0.4, 0.5) is 10.2 Å². The van der Waals surface area contributed by atoms with Crippen molar-refractivity contribution in [2.45, 2.75) is 19.9 Å². The van der Waals surface area contributed by atoms with Crippen LogP contribution in [0.25, 0.3) is 0 Å².